The Kier molecular flexibility index (Phi) is 6.14. The first kappa shape index (κ1) is 21.1. The van der Waals surface area contributed by atoms with E-state index in [1.165, 1.54) is 7.11 Å². The zero-order chi connectivity index (χ0) is 22.5. The van der Waals surface area contributed by atoms with E-state index in [0.29, 0.717) is 33.9 Å². The minimum atomic E-state index is -0.455. The molecule has 0 unspecified atom stereocenters. The molecule has 0 atom stereocenters. The Hall–Kier alpha value is -4.17. The molecule has 4 rings (SSSR count). The van der Waals surface area contributed by atoms with Crippen LogP contribution in [0, 0.1) is 0 Å². The lowest BCUT2D eigenvalue weighted by atomic mass is 10.1. The fraction of sp³-hybridized carbons (Fsp3) is 0.125. The van der Waals surface area contributed by atoms with E-state index < -0.39 is 5.97 Å². The zero-order valence-electron chi connectivity index (χ0n) is 17.3. The summed E-state index contributed by atoms with van der Waals surface area (Å²) in [5.74, 6) is 0.609. The third-order valence-electron chi connectivity index (χ3n) is 4.80. The number of aliphatic hydroxyl groups is 1. The molecule has 0 saturated carbocycles. The number of imidazole rings is 1. The largest absolute Gasteiger partial charge is 0.491 e. The first-order valence-corrected chi connectivity index (χ1v) is 9.91. The quantitative estimate of drug-likeness (QED) is 0.385. The number of aliphatic hydroxyl groups excluding tert-OH is 1. The molecule has 162 valence electrons. The lowest BCUT2D eigenvalue weighted by molar-refractivity contribution is 0.0600. The number of nitrogens with one attached hydrogen (secondary N) is 2. The number of carbonyl (C=O) groups excluding carboxylic acids is 2. The molecule has 3 aromatic carbocycles. The molecule has 4 aromatic rings. The molecule has 0 aliphatic carbocycles. The van der Waals surface area contributed by atoms with E-state index in [-0.39, 0.29) is 19.1 Å². The predicted octanol–water partition coefficient (Wildman–Crippen LogP) is 3.64. The predicted molar refractivity (Wildman–Crippen MR) is 120 cm³/mol. The molecule has 0 spiro atoms. The zero-order valence-corrected chi connectivity index (χ0v) is 17.3. The number of aromatic nitrogens is 2. The SMILES string of the molecule is COC(=O)c1ccc(C(=O)Nc2ccc3[nH]c(-c4ccc(OCCO)cc4)nc3c2)cc1. The number of ether oxygens (including phenoxy) is 2. The maximum Gasteiger partial charge on any atom is 0.337 e. The highest BCUT2D eigenvalue weighted by molar-refractivity contribution is 6.05. The maximum absolute atomic E-state index is 12.6. The summed E-state index contributed by atoms with van der Waals surface area (Å²) in [5, 5.41) is 11.7. The van der Waals surface area contributed by atoms with Gasteiger partial charge in [-0.25, -0.2) is 9.78 Å². The summed E-state index contributed by atoms with van der Waals surface area (Å²) in [4.78, 5) is 32.0. The monoisotopic (exact) mass is 431 g/mol. The molecule has 3 N–H and O–H groups in total. The average Bonchev–Trinajstić information content (AvgIpc) is 3.26. The molecule has 0 aliphatic rings. The normalized spacial score (nSPS) is 10.7. The number of H-pyrrole nitrogens is 1. The molecule has 32 heavy (non-hydrogen) atoms. The van der Waals surface area contributed by atoms with E-state index in [9.17, 15) is 9.59 Å². The van der Waals surface area contributed by atoms with Crippen molar-refractivity contribution >= 4 is 28.6 Å². The van der Waals surface area contributed by atoms with Gasteiger partial charge in [0.25, 0.3) is 5.91 Å². The number of hydrogen-bond acceptors (Lipinski definition) is 6. The van der Waals surface area contributed by atoms with Gasteiger partial charge in [-0.1, -0.05) is 0 Å². The molecule has 8 heteroatoms. The van der Waals surface area contributed by atoms with Crippen LogP contribution >= 0.6 is 0 Å². The second kappa shape index (κ2) is 9.32. The Morgan fingerprint density at radius 1 is 1.00 bits per heavy atom. The smallest absolute Gasteiger partial charge is 0.337 e. The fourth-order valence-electron chi connectivity index (χ4n) is 3.17. The molecular formula is C24H21N3O5. The van der Waals surface area contributed by atoms with Crippen LogP contribution in [0.3, 0.4) is 0 Å². The van der Waals surface area contributed by atoms with Crippen molar-refractivity contribution in [1.29, 1.82) is 0 Å². The summed E-state index contributed by atoms with van der Waals surface area (Å²) in [5.41, 5.74) is 3.83. The van der Waals surface area contributed by atoms with Crippen molar-refractivity contribution < 1.29 is 24.2 Å². The van der Waals surface area contributed by atoms with Crippen LogP contribution in [0.4, 0.5) is 5.69 Å². The number of rotatable bonds is 7. The van der Waals surface area contributed by atoms with Crippen LogP contribution in [0.1, 0.15) is 20.7 Å². The molecule has 8 nitrogen and oxygen atoms in total. The van der Waals surface area contributed by atoms with E-state index in [1.54, 1.807) is 36.4 Å². The number of benzene rings is 3. The number of nitrogens with zero attached hydrogens (tertiary/aromatic N) is 1. The van der Waals surface area contributed by atoms with Gasteiger partial charge in [-0.15, -0.1) is 0 Å². The van der Waals surface area contributed by atoms with Crippen molar-refractivity contribution in [3.63, 3.8) is 0 Å². The van der Waals surface area contributed by atoms with Crippen molar-refractivity contribution in [2.45, 2.75) is 0 Å². The summed E-state index contributed by atoms with van der Waals surface area (Å²) >= 11 is 0. The molecule has 0 bridgehead atoms. The number of aromatic amines is 1. The van der Waals surface area contributed by atoms with E-state index in [4.69, 9.17) is 9.84 Å². The fourth-order valence-corrected chi connectivity index (χ4v) is 3.17. The van der Waals surface area contributed by atoms with E-state index in [0.717, 1.165) is 11.1 Å². The van der Waals surface area contributed by atoms with Crippen molar-refractivity contribution in [3.8, 4) is 17.1 Å². The number of hydrogen-bond donors (Lipinski definition) is 3. The van der Waals surface area contributed by atoms with Crippen molar-refractivity contribution in [2.75, 3.05) is 25.6 Å². The molecule has 1 heterocycles. The number of methoxy groups -OCH3 is 1. The highest BCUT2D eigenvalue weighted by Crippen LogP contribution is 2.25. The van der Waals surface area contributed by atoms with Crippen molar-refractivity contribution in [3.05, 3.63) is 77.9 Å². The van der Waals surface area contributed by atoms with Gasteiger partial charge >= 0.3 is 5.97 Å². The van der Waals surface area contributed by atoms with Gasteiger partial charge in [0, 0.05) is 16.8 Å². The molecule has 1 amide bonds. The highest BCUT2D eigenvalue weighted by Gasteiger charge is 2.11. The molecule has 0 fully saturated rings. The van der Waals surface area contributed by atoms with Crippen LogP contribution < -0.4 is 10.1 Å². The number of carbonyl (C=O) groups is 2. The number of anilines is 1. The Bertz CT molecular complexity index is 1250. The minimum absolute atomic E-state index is 0.0387. The van der Waals surface area contributed by atoms with Crippen molar-refractivity contribution in [2.24, 2.45) is 0 Å². The summed E-state index contributed by atoms with van der Waals surface area (Å²) in [6.07, 6.45) is 0. The van der Waals surface area contributed by atoms with Gasteiger partial charge in [0.1, 0.15) is 18.2 Å². The minimum Gasteiger partial charge on any atom is -0.491 e. The first-order chi connectivity index (χ1) is 15.6. The van der Waals surface area contributed by atoms with Crippen molar-refractivity contribution in [1.82, 2.24) is 9.97 Å². The lowest BCUT2D eigenvalue weighted by Crippen LogP contribution is -2.12. The molecule has 1 aromatic heterocycles. The van der Waals surface area contributed by atoms with Gasteiger partial charge in [-0.2, -0.15) is 0 Å². The molecular weight excluding hydrogens is 410 g/mol. The third-order valence-corrected chi connectivity index (χ3v) is 4.80. The third kappa shape index (κ3) is 4.60. The number of esters is 1. The van der Waals surface area contributed by atoms with Gasteiger partial charge in [0.05, 0.1) is 30.3 Å². The van der Waals surface area contributed by atoms with E-state index in [2.05, 4.69) is 20.0 Å². The second-order valence-corrected chi connectivity index (χ2v) is 6.94. The van der Waals surface area contributed by atoms with Crippen LogP contribution in [0.5, 0.6) is 5.75 Å². The van der Waals surface area contributed by atoms with E-state index in [1.807, 2.05) is 30.3 Å². The highest BCUT2D eigenvalue weighted by atomic mass is 16.5. The van der Waals surface area contributed by atoms with E-state index >= 15 is 0 Å². The Morgan fingerprint density at radius 3 is 2.41 bits per heavy atom. The molecule has 0 radical (unpaired) electrons. The van der Waals surface area contributed by atoms with Crippen LogP contribution in [-0.4, -0.2) is 47.3 Å². The Morgan fingerprint density at radius 2 is 1.72 bits per heavy atom. The van der Waals surface area contributed by atoms with Gasteiger partial charge in [-0.3, -0.25) is 4.79 Å². The van der Waals surface area contributed by atoms with Gasteiger partial charge < -0.3 is 24.9 Å². The average molecular weight is 431 g/mol. The standard InChI is InChI=1S/C24H21N3O5/c1-31-24(30)17-4-2-16(3-5-17)23(29)25-18-8-11-20-21(14-18)27-22(26-20)15-6-9-19(10-7-15)32-13-12-28/h2-11,14,28H,12-13H2,1H3,(H,25,29)(H,26,27). The second-order valence-electron chi connectivity index (χ2n) is 6.94. The van der Waals surface area contributed by atoms with Gasteiger partial charge in [-0.05, 0) is 66.7 Å². The van der Waals surface area contributed by atoms with Gasteiger partial charge in [0.2, 0.25) is 0 Å². The molecule has 0 aliphatic heterocycles. The van der Waals surface area contributed by atoms with Crippen LogP contribution in [0.25, 0.3) is 22.4 Å². The number of fused-ring (bicyclic) bond motifs is 1. The maximum atomic E-state index is 12.6. The number of amides is 1. The van der Waals surface area contributed by atoms with Crippen LogP contribution in [0.15, 0.2) is 66.7 Å². The topological polar surface area (TPSA) is 114 Å². The van der Waals surface area contributed by atoms with Crippen LogP contribution in [0.2, 0.25) is 0 Å². The van der Waals surface area contributed by atoms with Crippen LogP contribution in [-0.2, 0) is 4.74 Å². The first-order valence-electron chi connectivity index (χ1n) is 9.91. The lowest BCUT2D eigenvalue weighted by Gasteiger charge is -2.06. The Balaban J connectivity index is 1.49. The van der Waals surface area contributed by atoms with Gasteiger partial charge in [0.15, 0.2) is 0 Å². The Labute approximate surface area is 183 Å². The summed E-state index contributed by atoms with van der Waals surface area (Å²) in [6, 6.07) is 19.0. The molecule has 0 saturated heterocycles. The summed E-state index contributed by atoms with van der Waals surface area (Å²) in [7, 11) is 1.31. The summed E-state index contributed by atoms with van der Waals surface area (Å²) in [6.45, 7) is 0.205. The summed E-state index contributed by atoms with van der Waals surface area (Å²) < 4.78 is 10.0.